The van der Waals surface area contributed by atoms with Gasteiger partial charge in [0.1, 0.15) is 11.5 Å². The fourth-order valence-corrected chi connectivity index (χ4v) is 3.80. The Morgan fingerprint density at radius 2 is 1.53 bits per heavy atom. The molecule has 0 aliphatic rings. The molecule has 164 valence electrons. The van der Waals surface area contributed by atoms with Crippen molar-refractivity contribution in [1.29, 1.82) is 0 Å². The van der Waals surface area contributed by atoms with Crippen molar-refractivity contribution in [3.05, 3.63) is 59.7 Å². The van der Waals surface area contributed by atoms with E-state index in [0.29, 0.717) is 43.0 Å². The van der Waals surface area contributed by atoms with Crippen LogP contribution in [0, 0.1) is 0 Å². The first-order valence-corrected chi connectivity index (χ1v) is 11.7. The van der Waals surface area contributed by atoms with E-state index in [1.807, 2.05) is 18.2 Å². The molecule has 1 amide bonds. The normalized spacial score (nSPS) is 11.2. The number of hydrogen-bond acceptors (Lipinski definition) is 4. The number of carbonyl (C=O) groups is 1. The highest BCUT2D eigenvalue weighted by atomic mass is 31.2. The Labute approximate surface area is 177 Å². The molecule has 2 rings (SSSR count). The van der Waals surface area contributed by atoms with Crippen molar-refractivity contribution in [2.45, 2.75) is 25.7 Å². The molecule has 0 fully saturated rings. The molecule has 0 bridgehead atoms. The minimum Gasteiger partial charge on any atom is -0.497 e. The van der Waals surface area contributed by atoms with E-state index in [1.54, 1.807) is 23.1 Å². The Balaban J connectivity index is 2.08. The van der Waals surface area contributed by atoms with Gasteiger partial charge in [0, 0.05) is 30.9 Å². The smallest absolute Gasteiger partial charge is 0.325 e. The topological polar surface area (TPSA) is 96.3 Å². The van der Waals surface area contributed by atoms with Crippen LogP contribution in [0.15, 0.2) is 48.5 Å². The van der Waals surface area contributed by atoms with Crippen LogP contribution >= 0.6 is 7.60 Å². The summed E-state index contributed by atoms with van der Waals surface area (Å²) in [6.07, 6.45) is 2.33. The van der Waals surface area contributed by atoms with Gasteiger partial charge in [-0.2, -0.15) is 0 Å². The highest BCUT2D eigenvalue weighted by Gasteiger charge is 2.19. The van der Waals surface area contributed by atoms with Gasteiger partial charge in [-0.25, -0.2) is 0 Å². The van der Waals surface area contributed by atoms with Crippen LogP contribution in [-0.2, 0) is 11.0 Å². The maximum absolute atomic E-state index is 13.2. The average Bonchev–Trinajstić information content (AvgIpc) is 2.74. The van der Waals surface area contributed by atoms with Gasteiger partial charge in [-0.3, -0.25) is 9.36 Å². The predicted octanol–water partition coefficient (Wildman–Crippen LogP) is 3.74. The SMILES string of the molecule is COc1cc(OC)cc(C(=O)N(CCCCP(=O)(O)O)CCCc2ccccc2)c1. The molecule has 30 heavy (non-hydrogen) atoms. The maximum atomic E-state index is 13.2. The predicted molar refractivity (Wildman–Crippen MR) is 116 cm³/mol. The molecule has 0 saturated heterocycles. The molecule has 0 spiro atoms. The lowest BCUT2D eigenvalue weighted by atomic mass is 10.1. The van der Waals surface area contributed by atoms with Gasteiger partial charge >= 0.3 is 7.60 Å². The quantitative estimate of drug-likeness (QED) is 0.390. The first-order chi connectivity index (χ1) is 14.3. The molecule has 0 atom stereocenters. The van der Waals surface area contributed by atoms with Crippen LogP contribution in [-0.4, -0.2) is 54.1 Å². The Bertz CT molecular complexity index is 830. The highest BCUT2D eigenvalue weighted by Crippen LogP contribution is 2.35. The largest absolute Gasteiger partial charge is 0.497 e. The number of hydrogen-bond donors (Lipinski definition) is 2. The average molecular weight is 435 g/mol. The number of methoxy groups -OCH3 is 2. The van der Waals surface area contributed by atoms with Crippen LogP contribution in [0.4, 0.5) is 0 Å². The van der Waals surface area contributed by atoms with Crippen molar-refractivity contribution in [3.8, 4) is 11.5 Å². The summed E-state index contributed by atoms with van der Waals surface area (Å²) < 4.78 is 21.6. The second-order valence-corrected chi connectivity index (χ2v) is 8.85. The van der Waals surface area contributed by atoms with Crippen LogP contribution < -0.4 is 9.47 Å². The minimum atomic E-state index is -4.03. The highest BCUT2D eigenvalue weighted by molar-refractivity contribution is 7.51. The summed E-state index contributed by atoms with van der Waals surface area (Å²) in [5, 5.41) is 0. The molecule has 0 unspecified atom stereocenters. The molecular weight excluding hydrogens is 405 g/mol. The lowest BCUT2D eigenvalue weighted by molar-refractivity contribution is 0.0750. The molecule has 0 heterocycles. The zero-order valence-electron chi connectivity index (χ0n) is 17.5. The Hall–Kier alpha value is -2.34. The summed E-state index contributed by atoms with van der Waals surface area (Å²) in [7, 11) is -0.966. The summed E-state index contributed by atoms with van der Waals surface area (Å²) in [4.78, 5) is 33.0. The van der Waals surface area contributed by atoms with E-state index in [2.05, 4.69) is 12.1 Å². The number of benzene rings is 2. The molecule has 7 nitrogen and oxygen atoms in total. The standard InChI is InChI=1S/C22H30NO6P/c1-28-20-15-19(16-21(17-20)29-2)22(24)23(12-6-7-14-30(25,26)27)13-8-11-18-9-4-3-5-10-18/h3-5,9-10,15-17H,6-8,11-14H2,1-2H3,(H2,25,26,27). The minimum absolute atomic E-state index is 0.156. The molecule has 2 N–H and O–H groups in total. The van der Waals surface area contributed by atoms with Crippen molar-refractivity contribution in [2.75, 3.05) is 33.5 Å². The zero-order chi connectivity index (χ0) is 22.0. The van der Waals surface area contributed by atoms with Crippen molar-refractivity contribution < 1.29 is 28.6 Å². The Morgan fingerprint density at radius 1 is 0.933 bits per heavy atom. The summed E-state index contributed by atoms with van der Waals surface area (Å²) in [5.74, 6) is 0.906. The number of ether oxygens (including phenoxy) is 2. The van der Waals surface area contributed by atoms with Gasteiger partial charge < -0.3 is 24.2 Å². The number of unbranched alkanes of at least 4 members (excludes halogenated alkanes) is 1. The second kappa shape index (κ2) is 11.7. The van der Waals surface area contributed by atoms with E-state index in [9.17, 15) is 9.36 Å². The van der Waals surface area contributed by atoms with E-state index in [4.69, 9.17) is 19.3 Å². The number of nitrogens with zero attached hydrogens (tertiary/aromatic N) is 1. The van der Waals surface area contributed by atoms with Gasteiger partial charge in [0.15, 0.2) is 0 Å². The van der Waals surface area contributed by atoms with Crippen molar-refractivity contribution in [1.82, 2.24) is 4.90 Å². The third-order valence-corrected chi connectivity index (χ3v) is 5.65. The van der Waals surface area contributed by atoms with Crippen LogP contribution in [0.2, 0.25) is 0 Å². The van der Waals surface area contributed by atoms with Crippen molar-refractivity contribution in [3.63, 3.8) is 0 Å². The van der Waals surface area contributed by atoms with E-state index in [0.717, 1.165) is 12.8 Å². The Kier molecular flexibility index (Phi) is 9.37. The summed E-state index contributed by atoms with van der Waals surface area (Å²) >= 11 is 0. The maximum Gasteiger partial charge on any atom is 0.325 e. The summed E-state index contributed by atoms with van der Waals surface area (Å²) in [6.45, 7) is 0.969. The molecule has 0 aliphatic carbocycles. The lowest BCUT2D eigenvalue weighted by Gasteiger charge is -2.23. The lowest BCUT2D eigenvalue weighted by Crippen LogP contribution is -2.33. The zero-order valence-corrected chi connectivity index (χ0v) is 18.4. The van der Waals surface area contributed by atoms with E-state index in [-0.39, 0.29) is 12.1 Å². The molecule has 2 aromatic rings. The number of rotatable bonds is 12. The Morgan fingerprint density at radius 3 is 2.10 bits per heavy atom. The first-order valence-electron chi connectivity index (χ1n) is 9.93. The first kappa shape index (κ1) is 23.9. The van der Waals surface area contributed by atoms with Gasteiger partial charge in [-0.15, -0.1) is 0 Å². The van der Waals surface area contributed by atoms with Crippen molar-refractivity contribution in [2.24, 2.45) is 0 Å². The molecule has 8 heteroatoms. The molecule has 0 aromatic heterocycles. The van der Waals surface area contributed by atoms with E-state index < -0.39 is 7.60 Å². The third-order valence-electron chi connectivity index (χ3n) is 4.75. The van der Waals surface area contributed by atoms with E-state index in [1.165, 1.54) is 19.8 Å². The van der Waals surface area contributed by atoms with Gasteiger partial charge in [0.25, 0.3) is 5.91 Å². The van der Waals surface area contributed by atoms with Gasteiger partial charge in [-0.1, -0.05) is 30.3 Å². The van der Waals surface area contributed by atoms with Gasteiger partial charge in [0.2, 0.25) is 0 Å². The van der Waals surface area contributed by atoms with Gasteiger partial charge in [-0.05, 0) is 43.4 Å². The van der Waals surface area contributed by atoms with E-state index >= 15 is 0 Å². The summed E-state index contributed by atoms with van der Waals surface area (Å²) in [5.41, 5.74) is 1.66. The van der Waals surface area contributed by atoms with Crippen LogP contribution in [0.25, 0.3) is 0 Å². The molecule has 0 saturated carbocycles. The fourth-order valence-electron chi connectivity index (χ4n) is 3.17. The summed E-state index contributed by atoms with van der Waals surface area (Å²) in [6, 6.07) is 15.1. The van der Waals surface area contributed by atoms with Crippen LogP contribution in [0.1, 0.15) is 35.2 Å². The number of amides is 1. The third kappa shape index (κ3) is 8.19. The van der Waals surface area contributed by atoms with Crippen LogP contribution in [0.3, 0.4) is 0 Å². The van der Waals surface area contributed by atoms with Crippen molar-refractivity contribution >= 4 is 13.5 Å². The number of carbonyl (C=O) groups excluding carboxylic acids is 1. The second-order valence-electron chi connectivity index (χ2n) is 7.08. The van der Waals surface area contributed by atoms with Gasteiger partial charge in [0.05, 0.1) is 14.2 Å². The molecule has 0 radical (unpaired) electrons. The monoisotopic (exact) mass is 435 g/mol. The molecule has 0 aliphatic heterocycles. The fraction of sp³-hybridized carbons (Fsp3) is 0.409. The number of aryl methyl sites for hydroxylation is 1. The molecular formula is C22H30NO6P. The molecule has 2 aromatic carbocycles. The van der Waals surface area contributed by atoms with Crippen LogP contribution in [0.5, 0.6) is 11.5 Å².